The van der Waals surface area contributed by atoms with Crippen molar-refractivity contribution in [1.82, 2.24) is 19.5 Å². The van der Waals surface area contributed by atoms with Gasteiger partial charge in [0.05, 0.1) is 19.0 Å². The van der Waals surface area contributed by atoms with Crippen LogP contribution in [-0.4, -0.2) is 49.6 Å². The number of phosphoric acid groups is 1. The zero-order valence-electron chi connectivity index (χ0n) is 14.2. The van der Waals surface area contributed by atoms with Gasteiger partial charge < -0.3 is 10.5 Å². The number of phosphoric ester groups is 1. The lowest BCUT2D eigenvalue weighted by Gasteiger charge is -2.33. The summed E-state index contributed by atoms with van der Waals surface area (Å²) in [7, 11) is -4.01. The highest BCUT2D eigenvalue weighted by molar-refractivity contribution is 7.48. The number of nitrogens with one attached hydrogen (secondary N) is 1. The number of hydrogen-bond donors (Lipinski definition) is 2. The third-order valence-electron chi connectivity index (χ3n) is 4.03. The number of ether oxygens (including phenoxy) is 1. The highest BCUT2D eigenvalue weighted by Gasteiger charge is 2.63. The second-order valence-corrected chi connectivity index (χ2v) is 8.55. The Balaban J connectivity index is 1.71. The van der Waals surface area contributed by atoms with Crippen molar-refractivity contribution in [2.45, 2.75) is 43.5 Å². The third kappa shape index (κ3) is 3.06. The van der Waals surface area contributed by atoms with Gasteiger partial charge in [-0.05, 0) is 13.8 Å². The molecule has 0 bridgehead atoms. The lowest BCUT2D eigenvalue weighted by molar-refractivity contribution is -0.0733. The zero-order valence-corrected chi connectivity index (χ0v) is 15.8. The van der Waals surface area contributed by atoms with Crippen molar-refractivity contribution in [2.24, 2.45) is 0 Å². The van der Waals surface area contributed by atoms with Crippen molar-refractivity contribution in [1.29, 1.82) is 0 Å². The monoisotopic (exact) mass is 423 g/mol. The summed E-state index contributed by atoms with van der Waals surface area (Å²) >= 11 is 6.10. The highest BCUT2D eigenvalue weighted by Crippen LogP contribution is 2.61. The number of rotatable bonds is 3. The van der Waals surface area contributed by atoms with E-state index in [-0.39, 0.29) is 23.7 Å². The Kier molecular flexibility index (Phi) is 4.33. The number of alkyl halides is 2. The molecule has 14 heteroatoms. The Morgan fingerprint density at radius 1 is 1.59 bits per heavy atom. The van der Waals surface area contributed by atoms with Crippen LogP contribution in [0.1, 0.15) is 20.1 Å². The van der Waals surface area contributed by atoms with Crippen molar-refractivity contribution < 1.29 is 27.3 Å². The van der Waals surface area contributed by atoms with Crippen molar-refractivity contribution >= 4 is 36.5 Å². The summed E-state index contributed by atoms with van der Waals surface area (Å²) in [4.78, 5) is 22.1. The Labute approximate surface area is 156 Å². The molecule has 0 saturated carbocycles. The van der Waals surface area contributed by atoms with E-state index < -0.39 is 43.0 Å². The molecule has 2 aromatic rings. The Bertz CT molecular complexity index is 995. The number of aromatic nitrogens is 4. The van der Waals surface area contributed by atoms with Crippen LogP contribution < -0.4 is 11.3 Å². The van der Waals surface area contributed by atoms with E-state index in [1.54, 1.807) is 13.8 Å². The predicted octanol–water partition coefficient (Wildman–Crippen LogP) is 1.45. The molecule has 0 spiro atoms. The SMILES string of the molecule is CC(C)OP1(=O)OC[C@H]2O[C@@H](n3cnc4c(=O)[nH]c(N)nc43)[C@@](F)(Cl)[C@@H]2O1. The quantitative estimate of drug-likeness (QED) is 0.553. The first-order valence-electron chi connectivity index (χ1n) is 7.98. The number of anilines is 1. The Morgan fingerprint density at radius 2 is 2.33 bits per heavy atom. The molecule has 4 heterocycles. The third-order valence-corrected chi connectivity index (χ3v) is 6.06. The minimum absolute atomic E-state index is 0.0231. The molecule has 5 atom stereocenters. The van der Waals surface area contributed by atoms with E-state index in [0.29, 0.717) is 0 Å². The average Bonchev–Trinajstić information content (AvgIpc) is 3.05. The van der Waals surface area contributed by atoms with Gasteiger partial charge in [0.2, 0.25) is 5.95 Å². The highest BCUT2D eigenvalue weighted by atomic mass is 35.5. The molecular formula is C13H16ClFN5O6P. The maximum atomic E-state index is 15.5. The second kappa shape index (κ2) is 6.23. The van der Waals surface area contributed by atoms with Gasteiger partial charge in [0.15, 0.2) is 23.5 Å². The largest absolute Gasteiger partial charge is 0.475 e. The minimum atomic E-state index is -4.01. The predicted molar refractivity (Wildman–Crippen MR) is 90.8 cm³/mol. The van der Waals surface area contributed by atoms with Crippen molar-refractivity contribution in [3.8, 4) is 0 Å². The average molecular weight is 424 g/mol. The van der Waals surface area contributed by atoms with Crippen LogP contribution in [0.15, 0.2) is 11.1 Å². The molecule has 2 fully saturated rings. The summed E-state index contributed by atoms with van der Waals surface area (Å²) in [5, 5.41) is -2.67. The topological polar surface area (TPSA) is 144 Å². The number of hydrogen-bond acceptors (Lipinski definition) is 9. The van der Waals surface area contributed by atoms with E-state index in [1.165, 1.54) is 0 Å². The summed E-state index contributed by atoms with van der Waals surface area (Å²) < 4.78 is 50.2. The van der Waals surface area contributed by atoms with Crippen molar-refractivity contribution in [2.75, 3.05) is 12.3 Å². The number of H-pyrrole nitrogens is 1. The number of imidazole rings is 1. The minimum Gasteiger partial charge on any atom is -0.369 e. The first kappa shape index (κ1) is 18.8. The first-order valence-corrected chi connectivity index (χ1v) is 9.81. The van der Waals surface area contributed by atoms with Crippen LogP contribution >= 0.6 is 19.4 Å². The van der Waals surface area contributed by atoms with E-state index in [4.69, 9.17) is 35.6 Å². The molecule has 148 valence electrons. The Morgan fingerprint density at radius 3 is 3.04 bits per heavy atom. The van der Waals surface area contributed by atoms with Crippen LogP contribution in [0.4, 0.5) is 10.3 Å². The van der Waals surface area contributed by atoms with E-state index in [0.717, 1.165) is 10.9 Å². The number of fused-ring (bicyclic) bond motifs is 2. The zero-order chi connectivity index (χ0) is 19.6. The second-order valence-electron chi connectivity index (χ2n) is 6.40. The molecule has 0 radical (unpaired) electrons. The molecule has 3 N–H and O–H groups in total. The maximum Gasteiger partial charge on any atom is 0.475 e. The van der Waals surface area contributed by atoms with Gasteiger partial charge in [-0.25, -0.2) is 13.9 Å². The maximum absolute atomic E-state index is 15.5. The summed E-state index contributed by atoms with van der Waals surface area (Å²) in [6.07, 6.45) is -3.23. The fourth-order valence-corrected chi connectivity index (χ4v) is 4.98. The molecule has 2 aliphatic heterocycles. The van der Waals surface area contributed by atoms with Crippen LogP contribution in [0.5, 0.6) is 0 Å². The summed E-state index contributed by atoms with van der Waals surface area (Å²) in [5.74, 6) is -0.182. The molecule has 0 aromatic carbocycles. The van der Waals surface area contributed by atoms with Crippen LogP contribution in [0.25, 0.3) is 11.2 Å². The normalized spacial score (nSPS) is 36.4. The summed E-state index contributed by atoms with van der Waals surface area (Å²) in [6, 6.07) is 0. The lowest BCUT2D eigenvalue weighted by atomic mass is 10.1. The molecule has 27 heavy (non-hydrogen) atoms. The Hall–Kier alpha value is -1.56. The standard InChI is InChI=1S/C13H16ClFN5O6P/c1-5(2)25-27(22)23-3-6-8(26-27)13(14,15)11(24-6)20-4-17-7-9(20)18-12(16)19-10(7)21/h4-6,8,11H,3H2,1-2H3,(H3,16,18,19,21)/t6-,8-,11-,13-,27?/m1/s1. The molecule has 11 nitrogen and oxygen atoms in total. The van der Waals surface area contributed by atoms with Gasteiger partial charge in [-0.3, -0.25) is 27.9 Å². The van der Waals surface area contributed by atoms with Gasteiger partial charge in [0, 0.05) is 0 Å². The van der Waals surface area contributed by atoms with Gasteiger partial charge in [-0.1, -0.05) is 11.6 Å². The molecule has 0 amide bonds. The van der Waals surface area contributed by atoms with Gasteiger partial charge in [-0.2, -0.15) is 4.98 Å². The van der Waals surface area contributed by atoms with Crippen LogP contribution in [0.2, 0.25) is 0 Å². The van der Waals surface area contributed by atoms with Gasteiger partial charge in [0.1, 0.15) is 6.10 Å². The molecule has 1 unspecified atom stereocenters. The van der Waals surface area contributed by atoms with Crippen molar-refractivity contribution in [3.63, 3.8) is 0 Å². The fraction of sp³-hybridized carbons (Fsp3) is 0.615. The van der Waals surface area contributed by atoms with Crippen LogP contribution in [-0.2, 0) is 22.9 Å². The lowest BCUT2D eigenvalue weighted by Crippen LogP contribution is -2.43. The summed E-state index contributed by atoms with van der Waals surface area (Å²) in [5.41, 5.74) is 4.86. The van der Waals surface area contributed by atoms with Crippen LogP contribution in [0, 0.1) is 0 Å². The number of nitrogens with two attached hydrogens (primary N) is 1. The molecule has 0 aliphatic carbocycles. The first-order chi connectivity index (χ1) is 12.6. The van der Waals surface area contributed by atoms with E-state index in [9.17, 15) is 9.36 Å². The van der Waals surface area contributed by atoms with E-state index in [1.807, 2.05) is 0 Å². The number of halogens is 2. The van der Waals surface area contributed by atoms with Gasteiger partial charge >= 0.3 is 7.82 Å². The molecule has 4 rings (SSSR count). The molecule has 2 aliphatic rings. The number of aromatic amines is 1. The van der Waals surface area contributed by atoms with Crippen molar-refractivity contribution in [3.05, 3.63) is 16.7 Å². The van der Waals surface area contributed by atoms with E-state index >= 15 is 4.39 Å². The number of nitrogen functional groups attached to an aromatic ring is 1. The summed E-state index contributed by atoms with van der Waals surface area (Å²) in [6.45, 7) is 2.99. The fourth-order valence-electron chi connectivity index (χ4n) is 2.99. The van der Waals surface area contributed by atoms with Crippen LogP contribution in [0.3, 0.4) is 0 Å². The van der Waals surface area contributed by atoms with Gasteiger partial charge in [0.25, 0.3) is 10.7 Å². The molecular weight excluding hydrogens is 408 g/mol. The molecule has 2 saturated heterocycles. The number of nitrogens with zero attached hydrogens (tertiary/aromatic N) is 3. The van der Waals surface area contributed by atoms with E-state index in [2.05, 4.69) is 15.0 Å². The smallest absolute Gasteiger partial charge is 0.369 e. The van der Waals surface area contributed by atoms with Gasteiger partial charge in [-0.15, -0.1) is 0 Å². The molecule has 2 aromatic heterocycles.